The van der Waals surface area contributed by atoms with E-state index in [1.54, 1.807) is 12.4 Å². The molecule has 0 atom stereocenters. The summed E-state index contributed by atoms with van der Waals surface area (Å²) in [5.74, 6) is 0.215. The molecule has 0 unspecified atom stereocenters. The van der Waals surface area contributed by atoms with E-state index < -0.39 is 0 Å². The van der Waals surface area contributed by atoms with Crippen molar-refractivity contribution in [1.82, 2.24) is 24.5 Å². The van der Waals surface area contributed by atoms with Crippen LogP contribution in [0, 0.1) is 5.92 Å². The van der Waals surface area contributed by atoms with Gasteiger partial charge in [-0.1, -0.05) is 22.9 Å². The highest BCUT2D eigenvalue weighted by molar-refractivity contribution is 7.22. The van der Waals surface area contributed by atoms with Crippen LogP contribution in [-0.2, 0) is 4.79 Å². The molecular weight excluding hydrogens is 445 g/mol. The van der Waals surface area contributed by atoms with Crippen molar-refractivity contribution >= 4 is 72.8 Å². The number of carbonyl (C=O) groups is 1. The van der Waals surface area contributed by atoms with Gasteiger partial charge in [0.05, 0.1) is 16.5 Å². The van der Waals surface area contributed by atoms with Gasteiger partial charge in [0.15, 0.2) is 16.6 Å². The number of amides is 1. The zero-order valence-corrected chi connectivity index (χ0v) is 18.0. The van der Waals surface area contributed by atoms with Crippen molar-refractivity contribution in [2.24, 2.45) is 5.92 Å². The van der Waals surface area contributed by atoms with E-state index in [1.165, 1.54) is 11.3 Å². The molecule has 8 nitrogen and oxygen atoms in total. The molecule has 30 heavy (non-hydrogen) atoms. The quantitative estimate of drug-likeness (QED) is 0.427. The molecule has 0 saturated heterocycles. The fourth-order valence-electron chi connectivity index (χ4n) is 3.95. The second kappa shape index (κ2) is 7.64. The Morgan fingerprint density at radius 3 is 2.77 bits per heavy atom. The van der Waals surface area contributed by atoms with E-state index in [4.69, 9.17) is 28.9 Å². The highest BCUT2D eigenvalue weighted by Crippen LogP contribution is 2.35. The van der Waals surface area contributed by atoms with Gasteiger partial charge >= 0.3 is 0 Å². The standard InChI is InChI=1S/C19H17Cl2N7OS/c20-10-3-6-12-13(7-10)30-19(24-12)27-17(29)9-1-4-11(5-2-9)28-8-23-14-15(22)25-18(21)26-16(14)28/h3,6-9,11H,1-2,4-5H2,(H2,22,25,26)(H,24,27,29). The van der Waals surface area contributed by atoms with Crippen LogP contribution in [0.3, 0.4) is 0 Å². The molecule has 1 amide bonds. The number of aromatic nitrogens is 5. The average molecular weight is 462 g/mol. The monoisotopic (exact) mass is 461 g/mol. The zero-order valence-electron chi connectivity index (χ0n) is 15.7. The second-order valence-corrected chi connectivity index (χ2v) is 9.13. The summed E-state index contributed by atoms with van der Waals surface area (Å²) in [6.45, 7) is 0. The fourth-order valence-corrected chi connectivity index (χ4v) is 5.27. The van der Waals surface area contributed by atoms with Gasteiger partial charge in [0.25, 0.3) is 0 Å². The Labute approximate surface area is 185 Å². The van der Waals surface area contributed by atoms with Crippen molar-refractivity contribution in [2.45, 2.75) is 31.7 Å². The molecule has 1 aliphatic rings. The number of rotatable bonds is 3. The van der Waals surface area contributed by atoms with Crippen molar-refractivity contribution in [3.05, 3.63) is 34.8 Å². The Morgan fingerprint density at radius 2 is 1.97 bits per heavy atom. The smallest absolute Gasteiger partial charge is 0.229 e. The lowest BCUT2D eigenvalue weighted by Crippen LogP contribution is -2.28. The molecule has 1 saturated carbocycles. The number of carbonyl (C=O) groups excluding carboxylic acids is 1. The van der Waals surface area contributed by atoms with Crippen LogP contribution >= 0.6 is 34.5 Å². The highest BCUT2D eigenvalue weighted by Gasteiger charge is 2.29. The predicted molar refractivity (Wildman–Crippen MR) is 119 cm³/mol. The first kappa shape index (κ1) is 19.5. The van der Waals surface area contributed by atoms with Crippen molar-refractivity contribution in [3.63, 3.8) is 0 Å². The van der Waals surface area contributed by atoms with Crippen LogP contribution in [0.1, 0.15) is 31.7 Å². The van der Waals surface area contributed by atoms with Gasteiger partial charge in [-0.2, -0.15) is 9.97 Å². The molecular formula is C19H17Cl2N7OS. The number of nitrogens with two attached hydrogens (primary N) is 1. The Morgan fingerprint density at radius 1 is 1.17 bits per heavy atom. The number of fused-ring (bicyclic) bond motifs is 2. The molecule has 0 aliphatic heterocycles. The van der Waals surface area contributed by atoms with Gasteiger partial charge in [-0.05, 0) is 55.5 Å². The number of imidazole rings is 1. The molecule has 0 bridgehead atoms. The molecule has 1 aliphatic carbocycles. The summed E-state index contributed by atoms with van der Waals surface area (Å²) in [4.78, 5) is 29.8. The minimum atomic E-state index is -0.0603. The van der Waals surface area contributed by atoms with Gasteiger partial charge in [0, 0.05) is 17.0 Å². The number of nitrogens with one attached hydrogen (secondary N) is 1. The molecule has 4 aromatic rings. The summed E-state index contributed by atoms with van der Waals surface area (Å²) in [5.41, 5.74) is 7.91. The fraction of sp³-hybridized carbons (Fsp3) is 0.316. The SMILES string of the molecule is Nc1nc(Cl)nc2c1ncn2C1CCC(C(=O)Nc2nc3ccc(Cl)cc3s2)CC1. The minimum absolute atomic E-state index is 0.00343. The molecule has 1 aromatic carbocycles. The van der Waals surface area contributed by atoms with E-state index in [2.05, 4.69) is 25.3 Å². The summed E-state index contributed by atoms with van der Waals surface area (Å²) in [5, 5.41) is 4.32. The topological polar surface area (TPSA) is 112 Å². The number of anilines is 2. The molecule has 3 heterocycles. The third-order valence-corrected chi connectivity index (χ3v) is 6.80. The normalized spacial score (nSPS) is 19.4. The van der Waals surface area contributed by atoms with Crippen molar-refractivity contribution < 1.29 is 4.79 Å². The minimum Gasteiger partial charge on any atom is -0.382 e. The predicted octanol–water partition coefficient (Wildman–Crippen LogP) is 4.70. The van der Waals surface area contributed by atoms with Gasteiger partial charge in [-0.3, -0.25) is 4.79 Å². The van der Waals surface area contributed by atoms with Gasteiger partial charge in [-0.15, -0.1) is 0 Å². The third-order valence-electron chi connectivity index (χ3n) is 5.46. The Hall–Kier alpha value is -2.49. The van der Waals surface area contributed by atoms with Crippen LogP contribution in [0.15, 0.2) is 24.5 Å². The zero-order chi connectivity index (χ0) is 20.8. The number of nitrogens with zero attached hydrogens (tertiary/aromatic N) is 5. The van der Waals surface area contributed by atoms with Crippen molar-refractivity contribution in [3.8, 4) is 0 Å². The lowest BCUT2D eigenvalue weighted by Gasteiger charge is -2.28. The van der Waals surface area contributed by atoms with E-state index in [0.717, 1.165) is 35.9 Å². The average Bonchev–Trinajstić information content (AvgIpc) is 3.31. The van der Waals surface area contributed by atoms with Gasteiger partial charge in [-0.25, -0.2) is 9.97 Å². The lowest BCUT2D eigenvalue weighted by atomic mass is 9.85. The van der Waals surface area contributed by atoms with Crippen LogP contribution in [0.25, 0.3) is 21.4 Å². The van der Waals surface area contributed by atoms with Crippen LogP contribution < -0.4 is 11.1 Å². The first-order valence-electron chi connectivity index (χ1n) is 9.50. The second-order valence-electron chi connectivity index (χ2n) is 7.33. The third kappa shape index (κ3) is 3.57. The first-order chi connectivity index (χ1) is 14.5. The molecule has 0 radical (unpaired) electrons. The summed E-state index contributed by atoms with van der Waals surface area (Å²) >= 11 is 13.4. The Bertz CT molecular complexity index is 1260. The van der Waals surface area contributed by atoms with E-state index >= 15 is 0 Å². The Balaban J connectivity index is 1.27. The number of hydrogen-bond acceptors (Lipinski definition) is 7. The van der Waals surface area contributed by atoms with Crippen molar-refractivity contribution in [2.75, 3.05) is 11.1 Å². The largest absolute Gasteiger partial charge is 0.382 e. The maximum atomic E-state index is 12.8. The van der Waals surface area contributed by atoms with Gasteiger partial charge in [0.1, 0.15) is 5.52 Å². The van der Waals surface area contributed by atoms with E-state index in [9.17, 15) is 4.79 Å². The maximum absolute atomic E-state index is 12.8. The number of hydrogen-bond donors (Lipinski definition) is 2. The number of halogens is 2. The molecule has 3 aromatic heterocycles. The van der Waals surface area contributed by atoms with E-state index in [0.29, 0.717) is 21.3 Å². The van der Waals surface area contributed by atoms with Gasteiger partial charge in [0.2, 0.25) is 11.2 Å². The van der Waals surface area contributed by atoms with Crippen LogP contribution in [0.5, 0.6) is 0 Å². The van der Waals surface area contributed by atoms with Gasteiger partial charge < -0.3 is 15.6 Å². The number of thiazole rings is 1. The number of nitrogen functional groups attached to an aromatic ring is 1. The molecule has 3 N–H and O–H groups in total. The highest BCUT2D eigenvalue weighted by atomic mass is 35.5. The number of benzene rings is 1. The Kier molecular flexibility index (Phi) is 4.96. The summed E-state index contributed by atoms with van der Waals surface area (Å²) < 4.78 is 2.94. The molecule has 11 heteroatoms. The molecule has 1 fully saturated rings. The van der Waals surface area contributed by atoms with E-state index in [-0.39, 0.29) is 29.0 Å². The first-order valence-corrected chi connectivity index (χ1v) is 11.1. The summed E-state index contributed by atoms with van der Waals surface area (Å²) in [6, 6.07) is 5.69. The van der Waals surface area contributed by atoms with Crippen molar-refractivity contribution in [1.29, 1.82) is 0 Å². The van der Waals surface area contributed by atoms with Crippen LogP contribution in [0.2, 0.25) is 10.3 Å². The van der Waals surface area contributed by atoms with E-state index in [1.807, 2.05) is 16.7 Å². The maximum Gasteiger partial charge on any atom is 0.229 e. The molecule has 5 rings (SSSR count). The summed E-state index contributed by atoms with van der Waals surface area (Å²) in [7, 11) is 0. The lowest BCUT2D eigenvalue weighted by molar-refractivity contribution is -0.120. The molecule has 154 valence electrons. The van der Waals surface area contributed by atoms with Crippen LogP contribution in [0.4, 0.5) is 10.9 Å². The summed E-state index contributed by atoms with van der Waals surface area (Å²) in [6.07, 6.45) is 4.92. The molecule has 0 spiro atoms. The van der Waals surface area contributed by atoms with Crippen LogP contribution in [-0.4, -0.2) is 30.4 Å².